The molecule has 0 spiro atoms. The Hall–Kier alpha value is -4.20. The molecule has 0 aliphatic rings. The third kappa shape index (κ3) is 7.31. The molecule has 0 saturated heterocycles. The van der Waals surface area contributed by atoms with E-state index in [1.54, 1.807) is 0 Å². The second-order valence-corrected chi connectivity index (χ2v) is 10.5. The lowest BCUT2D eigenvalue weighted by molar-refractivity contribution is -0.143. The monoisotopic (exact) mass is 554 g/mol. The summed E-state index contributed by atoms with van der Waals surface area (Å²) in [6, 6.07) is 29.2. The van der Waals surface area contributed by atoms with Crippen LogP contribution in [0.4, 0.5) is 5.69 Å². The van der Waals surface area contributed by atoms with Crippen LogP contribution in [0, 0.1) is 0 Å². The van der Waals surface area contributed by atoms with Crippen molar-refractivity contribution in [1.29, 1.82) is 0 Å². The molecule has 7 nitrogen and oxygen atoms in total. The first-order chi connectivity index (χ1) is 19.8. The number of carbonyl (C=O) groups is 2. The van der Waals surface area contributed by atoms with Gasteiger partial charge in [0.25, 0.3) is 5.91 Å². The van der Waals surface area contributed by atoms with Crippen LogP contribution in [0.25, 0.3) is 22.4 Å². The van der Waals surface area contributed by atoms with E-state index in [9.17, 15) is 19.8 Å². The molecule has 3 N–H and O–H groups in total. The molecule has 0 saturated carbocycles. The van der Waals surface area contributed by atoms with Crippen LogP contribution in [0.2, 0.25) is 0 Å². The third-order valence-electron chi connectivity index (χ3n) is 7.08. The molecule has 1 heterocycles. The van der Waals surface area contributed by atoms with Crippen molar-refractivity contribution in [3.05, 3.63) is 102 Å². The minimum atomic E-state index is -1.01. The van der Waals surface area contributed by atoms with Gasteiger partial charge < -0.3 is 24.8 Å². The quantitative estimate of drug-likeness (QED) is 0.179. The van der Waals surface area contributed by atoms with Gasteiger partial charge >= 0.3 is 5.97 Å². The molecule has 0 aliphatic heterocycles. The van der Waals surface area contributed by atoms with Crippen molar-refractivity contribution in [2.75, 3.05) is 12.4 Å². The first-order valence-electron chi connectivity index (χ1n) is 14.0. The molecule has 2 unspecified atom stereocenters. The fourth-order valence-corrected chi connectivity index (χ4v) is 5.27. The highest BCUT2D eigenvalue weighted by atomic mass is 16.5. The lowest BCUT2D eigenvalue weighted by Crippen LogP contribution is -2.23. The number of hydrogen-bond donors (Lipinski definition) is 3. The van der Waals surface area contributed by atoms with Crippen molar-refractivity contribution in [1.82, 2.24) is 4.57 Å². The van der Waals surface area contributed by atoms with Gasteiger partial charge in [-0.15, -0.1) is 0 Å². The summed E-state index contributed by atoms with van der Waals surface area (Å²) in [5.41, 5.74) is 5.74. The number of ether oxygens (including phenoxy) is 1. The van der Waals surface area contributed by atoms with Crippen molar-refractivity contribution in [2.24, 2.45) is 0 Å². The normalized spacial score (nSPS) is 12.6. The Balaban J connectivity index is 1.84. The van der Waals surface area contributed by atoms with E-state index >= 15 is 0 Å². The minimum Gasteiger partial charge on any atom is -0.469 e. The highest BCUT2D eigenvalue weighted by molar-refractivity contribution is 6.12. The number of aliphatic hydroxyl groups excluding tert-OH is 2. The van der Waals surface area contributed by atoms with E-state index in [2.05, 4.69) is 28.5 Å². The van der Waals surface area contributed by atoms with Gasteiger partial charge in [0.15, 0.2) is 0 Å². The molecule has 0 fully saturated rings. The van der Waals surface area contributed by atoms with E-state index in [0.29, 0.717) is 24.2 Å². The number of nitrogens with one attached hydrogen (secondary N) is 1. The van der Waals surface area contributed by atoms with Gasteiger partial charge in [-0.2, -0.15) is 0 Å². The Bertz CT molecular complexity index is 1430. The predicted octanol–water partition coefficient (Wildman–Crippen LogP) is 6.26. The van der Waals surface area contributed by atoms with Gasteiger partial charge in [0.2, 0.25) is 0 Å². The van der Waals surface area contributed by atoms with Crippen LogP contribution in [0.3, 0.4) is 0 Å². The standard InChI is InChI=1S/C34H38N2O5/c1-23(2)32-31(34(40)35-26-17-11-6-12-18-26)30(24-13-7-4-8-14-24)33(25-15-9-5-10-16-25)36(32)20-19-27(37)21-28(38)22-29(39)41-3/h4-18,23,27-28,37-38H,19-22H2,1-3H3,(H,35,40). The summed E-state index contributed by atoms with van der Waals surface area (Å²) in [6.07, 6.45) is -1.68. The number of anilines is 1. The summed E-state index contributed by atoms with van der Waals surface area (Å²) in [7, 11) is 1.27. The predicted molar refractivity (Wildman–Crippen MR) is 162 cm³/mol. The number of hydrogen-bond acceptors (Lipinski definition) is 5. The van der Waals surface area contributed by atoms with Crippen LogP contribution in [0.5, 0.6) is 0 Å². The summed E-state index contributed by atoms with van der Waals surface area (Å²) in [6.45, 7) is 4.53. The zero-order chi connectivity index (χ0) is 29.4. The zero-order valence-corrected chi connectivity index (χ0v) is 23.8. The van der Waals surface area contributed by atoms with Crippen molar-refractivity contribution in [3.8, 4) is 22.4 Å². The lowest BCUT2D eigenvalue weighted by atomic mass is 9.94. The van der Waals surface area contributed by atoms with E-state index < -0.39 is 18.2 Å². The maximum Gasteiger partial charge on any atom is 0.308 e. The second kappa shape index (κ2) is 13.9. The van der Waals surface area contributed by atoms with E-state index in [4.69, 9.17) is 0 Å². The number of carbonyl (C=O) groups excluding carboxylic acids is 2. The SMILES string of the molecule is COC(=O)CC(O)CC(O)CCn1c(-c2ccccc2)c(-c2ccccc2)c(C(=O)Nc2ccccc2)c1C(C)C. The molecule has 1 amide bonds. The molecule has 0 bridgehead atoms. The number of benzene rings is 3. The average molecular weight is 555 g/mol. The van der Waals surface area contributed by atoms with Gasteiger partial charge in [-0.1, -0.05) is 92.7 Å². The molecular formula is C34H38N2O5. The summed E-state index contributed by atoms with van der Waals surface area (Å²) in [5, 5.41) is 24.2. The van der Waals surface area contributed by atoms with E-state index in [1.165, 1.54) is 7.11 Å². The van der Waals surface area contributed by atoms with Gasteiger partial charge in [-0.25, -0.2) is 0 Å². The van der Waals surface area contributed by atoms with Crippen LogP contribution >= 0.6 is 0 Å². The number of methoxy groups -OCH3 is 1. The number of para-hydroxylation sites is 1. The molecule has 214 valence electrons. The van der Waals surface area contributed by atoms with Gasteiger partial charge in [0.1, 0.15) is 0 Å². The molecule has 4 rings (SSSR count). The van der Waals surface area contributed by atoms with Crippen LogP contribution < -0.4 is 5.32 Å². The minimum absolute atomic E-state index is 0.0199. The van der Waals surface area contributed by atoms with Crippen LogP contribution in [-0.4, -0.2) is 46.0 Å². The van der Waals surface area contributed by atoms with E-state index in [-0.39, 0.29) is 24.7 Å². The summed E-state index contributed by atoms with van der Waals surface area (Å²) < 4.78 is 6.78. The van der Waals surface area contributed by atoms with E-state index in [0.717, 1.165) is 28.1 Å². The maximum atomic E-state index is 14.1. The van der Waals surface area contributed by atoms with Crippen LogP contribution in [0.1, 0.15) is 55.1 Å². The Labute approximate surface area is 241 Å². The van der Waals surface area contributed by atoms with Crippen LogP contribution in [0.15, 0.2) is 91.0 Å². The number of esters is 1. The second-order valence-electron chi connectivity index (χ2n) is 10.5. The average Bonchev–Trinajstić information content (AvgIpc) is 3.33. The topological polar surface area (TPSA) is 101 Å². The number of rotatable bonds is 12. The number of aromatic nitrogens is 1. The molecule has 7 heteroatoms. The van der Waals surface area contributed by atoms with Gasteiger partial charge in [-0.3, -0.25) is 9.59 Å². The highest BCUT2D eigenvalue weighted by Gasteiger charge is 2.30. The van der Waals surface area contributed by atoms with Crippen molar-refractivity contribution in [2.45, 2.75) is 57.8 Å². The fourth-order valence-electron chi connectivity index (χ4n) is 5.27. The zero-order valence-electron chi connectivity index (χ0n) is 23.8. The Morgan fingerprint density at radius 3 is 1.95 bits per heavy atom. The van der Waals surface area contributed by atoms with Crippen molar-refractivity contribution >= 4 is 17.6 Å². The highest BCUT2D eigenvalue weighted by Crippen LogP contribution is 2.42. The maximum absolute atomic E-state index is 14.1. The molecule has 0 radical (unpaired) electrons. The molecular weight excluding hydrogens is 516 g/mol. The van der Waals surface area contributed by atoms with Gasteiger partial charge in [0, 0.05) is 23.5 Å². The number of amides is 1. The van der Waals surface area contributed by atoms with Crippen molar-refractivity contribution in [3.63, 3.8) is 0 Å². The number of aliphatic hydroxyl groups is 2. The first-order valence-corrected chi connectivity index (χ1v) is 14.0. The fraction of sp³-hybridized carbons (Fsp3) is 0.294. The molecule has 1 aromatic heterocycles. The first kappa shape index (κ1) is 29.8. The lowest BCUT2D eigenvalue weighted by Gasteiger charge is -2.20. The summed E-state index contributed by atoms with van der Waals surface area (Å²) in [5.74, 6) is -0.748. The Morgan fingerprint density at radius 2 is 1.39 bits per heavy atom. The Kier molecular flexibility index (Phi) is 10.1. The molecule has 41 heavy (non-hydrogen) atoms. The molecule has 4 aromatic rings. The molecule has 3 aromatic carbocycles. The van der Waals surface area contributed by atoms with Gasteiger partial charge in [-0.05, 0) is 42.0 Å². The smallest absolute Gasteiger partial charge is 0.308 e. The summed E-state index contributed by atoms with van der Waals surface area (Å²) >= 11 is 0. The molecule has 0 aliphatic carbocycles. The largest absolute Gasteiger partial charge is 0.469 e. The van der Waals surface area contributed by atoms with Crippen molar-refractivity contribution < 1.29 is 24.5 Å². The summed E-state index contributed by atoms with van der Waals surface area (Å²) in [4.78, 5) is 25.7. The third-order valence-corrected chi connectivity index (χ3v) is 7.08. The Morgan fingerprint density at radius 1 is 0.829 bits per heavy atom. The van der Waals surface area contributed by atoms with Crippen LogP contribution in [-0.2, 0) is 16.1 Å². The van der Waals surface area contributed by atoms with Gasteiger partial charge in [0.05, 0.1) is 37.0 Å². The van der Waals surface area contributed by atoms with E-state index in [1.807, 2.05) is 91.0 Å². The number of nitrogens with zero attached hydrogens (tertiary/aromatic N) is 1. The molecule has 2 atom stereocenters.